The van der Waals surface area contributed by atoms with Crippen molar-refractivity contribution in [2.45, 2.75) is 18.9 Å². The lowest BCUT2D eigenvalue weighted by Gasteiger charge is -2.27. The van der Waals surface area contributed by atoms with Crippen molar-refractivity contribution < 1.29 is 5.11 Å². The van der Waals surface area contributed by atoms with Crippen LogP contribution in [0.15, 0.2) is 30.6 Å². The number of nitrogens with zero attached hydrogens (tertiary/aromatic N) is 4. The lowest BCUT2D eigenvalue weighted by Crippen LogP contribution is -2.26. The van der Waals surface area contributed by atoms with E-state index in [2.05, 4.69) is 15.0 Å². The van der Waals surface area contributed by atoms with Crippen LogP contribution < -0.4 is 0 Å². The average Bonchev–Trinajstić information content (AvgIpc) is 3.23. The third-order valence-electron chi connectivity index (χ3n) is 4.09. The van der Waals surface area contributed by atoms with E-state index >= 15 is 0 Å². The summed E-state index contributed by atoms with van der Waals surface area (Å²) in [5, 5.41) is 15.4. The van der Waals surface area contributed by atoms with Crippen molar-refractivity contribution in [1.29, 1.82) is 0 Å². The zero-order valence-corrected chi connectivity index (χ0v) is 13.4. The summed E-state index contributed by atoms with van der Waals surface area (Å²) in [6, 6.07) is 7.78. The van der Waals surface area contributed by atoms with Gasteiger partial charge < -0.3 is 5.11 Å². The maximum Gasteiger partial charge on any atom is 0.230 e. The van der Waals surface area contributed by atoms with Gasteiger partial charge in [0.25, 0.3) is 0 Å². The average molecular weight is 335 g/mol. The van der Waals surface area contributed by atoms with Gasteiger partial charge in [0.15, 0.2) is 0 Å². The zero-order chi connectivity index (χ0) is 15.1. The summed E-state index contributed by atoms with van der Waals surface area (Å²) < 4.78 is 1.49. The number of thiazole rings is 1. The third-order valence-corrected chi connectivity index (χ3v) is 5.52. The number of rotatable bonds is 3. The van der Waals surface area contributed by atoms with Crippen molar-refractivity contribution in [3.05, 3.63) is 46.1 Å². The minimum atomic E-state index is -0.0512. The smallest absolute Gasteiger partial charge is 0.230 e. The molecule has 1 fully saturated rings. The largest absolute Gasteiger partial charge is 0.492 e. The van der Waals surface area contributed by atoms with Gasteiger partial charge in [-0.05, 0) is 37.6 Å². The molecule has 1 N–H and O–H groups in total. The fraction of sp³-hybridized carbons (Fsp3) is 0.333. The number of hydrogen-bond acceptors (Lipinski definition) is 5. The molecule has 0 spiro atoms. The summed E-state index contributed by atoms with van der Waals surface area (Å²) in [4.78, 5) is 8.10. The molecule has 0 unspecified atom stereocenters. The van der Waals surface area contributed by atoms with Gasteiger partial charge in [0.05, 0.1) is 10.9 Å². The van der Waals surface area contributed by atoms with Gasteiger partial charge in [-0.3, -0.25) is 4.90 Å². The van der Waals surface area contributed by atoms with Crippen molar-refractivity contribution >= 4 is 27.9 Å². The Hall–Kier alpha value is -1.63. The molecule has 1 aliphatic rings. The van der Waals surface area contributed by atoms with Crippen molar-refractivity contribution in [3.8, 4) is 5.88 Å². The summed E-state index contributed by atoms with van der Waals surface area (Å²) in [6.45, 7) is 2.01. The molecule has 4 rings (SSSR count). The highest BCUT2D eigenvalue weighted by atomic mass is 35.5. The van der Waals surface area contributed by atoms with Crippen LogP contribution in [0.3, 0.4) is 0 Å². The predicted octanol–water partition coefficient (Wildman–Crippen LogP) is 3.34. The van der Waals surface area contributed by atoms with E-state index < -0.39 is 0 Å². The summed E-state index contributed by atoms with van der Waals surface area (Å²) in [5.74, 6) is 0.161. The van der Waals surface area contributed by atoms with Crippen LogP contribution in [0.4, 0.5) is 0 Å². The molecular weight excluding hydrogens is 320 g/mol. The molecule has 3 heterocycles. The van der Waals surface area contributed by atoms with E-state index in [1.807, 2.05) is 24.3 Å². The van der Waals surface area contributed by atoms with Crippen LogP contribution in [-0.4, -0.2) is 37.7 Å². The summed E-state index contributed by atoms with van der Waals surface area (Å²) in [7, 11) is 0. The zero-order valence-electron chi connectivity index (χ0n) is 11.8. The van der Waals surface area contributed by atoms with Gasteiger partial charge in [0.1, 0.15) is 6.33 Å². The number of fused-ring (bicyclic) bond motifs is 1. The molecule has 0 radical (unpaired) electrons. The number of halogens is 1. The molecule has 2 aromatic heterocycles. The normalized spacial score (nSPS) is 17.3. The van der Waals surface area contributed by atoms with Gasteiger partial charge >= 0.3 is 0 Å². The molecule has 5 nitrogen and oxygen atoms in total. The quantitative estimate of drug-likeness (QED) is 0.798. The molecule has 1 saturated heterocycles. The molecule has 0 bridgehead atoms. The second kappa shape index (κ2) is 5.53. The van der Waals surface area contributed by atoms with Gasteiger partial charge in [0.2, 0.25) is 10.8 Å². The summed E-state index contributed by atoms with van der Waals surface area (Å²) >= 11 is 7.90. The van der Waals surface area contributed by atoms with E-state index in [0.29, 0.717) is 4.96 Å². The first-order chi connectivity index (χ1) is 10.8. The van der Waals surface area contributed by atoms with Crippen molar-refractivity contribution in [2.24, 2.45) is 0 Å². The molecule has 22 heavy (non-hydrogen) atoms. The van der Waals surface area contributed by atoms with Gasteiger partial charge in [0, 0.05) is 5.02 Å². The Labute approximate surface area is 136 Å². The van der Waals surface area contributed by atoms with Crippen molar-refractivity contribution in [2.75, 3.05) is 13.1 Å². The molecule has 0 saturated carbocycles. The van der Waals surface area contributed by atoms with Gasteiger partial charge in [-0.25, -0.2) is 4.98 Å². The molecule has 0 amide bonds. The Morgan fingerprint density at radius 2 is 2.00 bits per heavy atom. The second-order valence-electron chi connectivity index (χ2n) is 5.41. The molecule has 7 heteroatoms. The highest BCUT2D eigenvalue weighted by Gasteiger charge is 2.31. The van der Waals surface area contributed by atoms with E-state index in [-0.39, 0.29) is 11.9 Å². The Bertz CT molecular complexity index is 809. The first-order valence-electron chi connectivity index (χ1n) is 7.25. The topological polar surface area (TPSA) is 53.7 Å². The number of aromatic hydroxyl groups is 1. The Balaban J connectivity index is 1.88. The monoisotopic (exact) mass is 334 g/mol. The number of benzene rings is 1. The Morgan fingerprint density at radius 3 is 2.73 bits per heavy atom. The lowest BCUT2D eigenvalue weighted by atomic mass is 10.0. The van der Waals surface area contributed by atoms with Gasteiger partial charge in [-0.2, -0.15) is 9.61 Å². The van der Waals surface area contributed by atoms with Crippen molar-refractivity contribution in [1.82, 2.24) is 19.5 Å². The Kier molecular flexibility index (Phi) is 3.52. The van der Waals surface area contributed by atoms with Crippen LogP contribution in [0.5, 0.6) is 5.88 Å². The van der Waals surface area contributed by atoms with E-state index in [1.54, 1.807) is 0 Å². The predicted molar refractivity (Wildman–Crippen MR) is 86.6 cm³/mol. The lowest BCUT2D eigenvalue weighted by molar-refractivity contribution is 0.277. The van der Waals surface area contributed by atoms with E-state index in [1.165, 1.54) is 35.0 Å². The first kappa shape index (κ1) is 14.0. The molecule has 0 aliphatic carbocycles. The van der Waals surface area contributed by atoms with Gasteiger partial charge in [-0.15, -0.1) is 0 Å². The molecule has 114 valence electrons. The third kappa shape index (κ3) is 2.18. The van der Waals surface area contributed by atoms with Crippen LogP contribution in [0.2, 0.25) is 5.02 Å². The second-order valence-corrected chi connectivity index (χ2v) is 6.83. The number of hydrogen-bond donors (Lipinski definition) is 1. The van der Waals surface area contributed by atoms with Gasteiger partial charge in [-0.1, -0.05) is 41.1 Å². The molecule has 3 aromatic rings. The molecule has 1 atom stereocenters. The SMILES string of the molecule is Oc1c([C@H](c2ccccc2Cl)N2CCCC2)sc2ncnn12. The number of likely N-dealkylation sites (tertiary alicyclic amines) is 1. The van der Waals surface area contributed by atoms with E-state index in [9.17, 15) is 5.11 Å². The van der Waals surface area contributed by atoms with Crippen LogP contribution in [0.1, 0.15) is 29.3 Å². The maximum atomic E-state index is 10.6. The summed E-state index contributed by atoms with van der Waals surface area (Å²) in [5.41, 5.74) is 1.02. The standard InChI is InChI=1S/C15H15ClN4OS/c16-11-6-2-1-5-10(11)12(19-7-3-4-8-19)13-14(21)20-15(22-13)17-9-18-20/h1-2,5-6,9,12,21H,3-4,7-8H2/t12-/m0/s1. The highest BCUT2D eigenvalue weighted by Crippen LogP contribution is 2.42. The van der Waals surface area contributed by atoms with Crippen molar-refractivity contribution in [3.63, 3.8) is 0 Å². The Morgan fingerprint density at radius 1 is 1.23 bits per heavy atom. The minimum absolute atomic E-state index is 0.0512. The minimum Gasteiger partial charge on any atom is -0.492 e. The fourth-order valence-electron chi connectivity index (χ4n) is 3.07. The van der Waals surface area contributed by atoms with Crippen LogP contribution in [0.25, 0.3) is 4.96 Å². The maximum absolute atomic E-state index is 10.6. The molecule has 1 aromatic carbocycles. The van der Waals surface area contributed by atoms with Crippen LogP contribution in [0, 0.1) is 0 Å². The van der Waals surface area contributed by atoms with E-state index in [0.717, 1.165) is 28.6 Å². The number of aromatic nitrogens is 3. The van der Waals surface area contributed by atoms with Crippen LogP contribution >= 0.6 is 22.9 Å². The highest BCUT2D eigenvalue weighted by molar-refractivity contribution is 7.17. The fourth-order valence-corrected chi connectivity index (χ4v) is 4.39. The molecular formula is C15H15ClN4OS. The van der Waals surface area contributed by atoms with E-state index in [4.69, 9.17) is 11.6 Å². The molecule has 1 aliphatic heterocycles. The first-order valence-corrected chi connectivity index (χ1v) is 8.45. The summed E-state index contributed by atoms with van der Waals surface area (Å²) in [6.07, 6.45) is 3.79. The van der Waals surface area contributed by atoms with Crippen LogP contribution in [-0.2, 0) is 0 Å².